The lowest BCUT2D eigenvalue weighted by Gasteiger charge is -2.01. The van der Waals surface area contributed by atoms with E-state index in [4.69, 9.17) is 4.74 Å². The minimum atomic E-state index is -4.17. The Morgan fingerprint density at radius 2 is 2.08 bits per heavy atom. The van der Waals surface area contributed by atoms with Gasteiger partial charge in [0.15, 0.2) is 12.6 Å². The van der Waals surface area contributed by atoms with Gasteiger partial charge in [-0.3, -0.25) is 0 Å². The average molecular weight is 184 g/mol. The first-order chi connectivity index (χ1) is 5.54. The van der Waals surface area contributed by atoms with E-state index in [0.717, 1.165) is 0 Å². The maximum atomic E-state index is 11.7. The molecule has 0 saturated carbocycles. The highest BCUT2D eigenvalue weighted by Crippen LogP contribution is 2.36. The van der Waals surface area contributed by atoms with Crippen molar-refractivity contribution in [2.45, 2.75) is 31.3 Å². The van der Waals surface area contributed by atoms with Gasteiger partial charge in [-0.15, -0.1) is 0 Å². The largest absolute Gasteiger partial charge is 0.391 e. The Morgan fingerprint density at radius 3 is 2.58 bits per heavy atom. The molecule has 0 aromatic rings. The second-order valence-electron chi connectivity index (χ2n) is 2.76. The molecule has 2 heterocycles. The standard InChI is InChI=1S/C6H7F3O3/c7-6(8,9)1-3-5(11-3)12-4-2-10-4/h3-5H,1-2H2. The molecule has 0 spiro atoms. The van der Waals surface area contributed by atoms with E-state index >= 15 is 0 Å². The zero-order valence-electron chi connectivity index (χ0n) is 6.00. The van der Waals surface area contributed by atoms with Crippen molar-refractivity contribution in [1.82, 2.24) is 0 Å². The van der Waals surface area contributed by atoms with E-state index in [0.29, 0.717) is 6.61 Å². The van der Waals surface area contributed by atoms with E-state index < -0.39 is 25.0 Å². The molecule has 0 aliphatic carbocycles. The summed E-state index contributed by atoms with van der Waals surface area (Å²) in [6, 6.07) is 0. The lowest BCUT2D eigenvalue weighted by atomic mass is 10.3. The normalized spacial score (nSPS) is 39.8. The van der Waals surface area contributed by atoms with Crippen molar-refractivity contribution in [3.63, 3.8) is 0 Å². The predicted molar refractivity (Wildman–Crippen MR) is 30.2 cm³/mol. The first-order valence-corrected chi connectivity index (χ1v) is 3.54. The first-order valence-electron chi connectivity index (χ1n) is 3.54. The molecule has 6 heteroatoms. The van der Waals surface area contributed by atoms with Crippen LogP contribution < -0.4 is 0 Å². The Morgan fingerprint density at radius 1 is 1.42 bits per heavy atom. The lowest BCUT2D eigenvalue weighted by molar-refractivity contribution is -0.138. The molecule has 0 amide bonds. The molecule has 0 radical (unpaired) electrons. The molecular weight excluding hydrogens is 177 g/mol. The van der Waals surface area contributed by atoms with Crippen molar-refractivity contribution in [1.29, 1.82) is 0 Å². The van der Waals surface area contributed by atoms with E-state index in [-0.39, 0.29) is 6.29 Å². The second kappa shape index (κ2) is 2.58. The fourth-order valence-corrected chi connectivity index (χ4v) is 0.887. The summed E-state index contributed by atoms with van der Waals surface area (Å²) < 4.78 is 49.3. The third-order valence-electron chi connectivity index (χ3n) is 1.56. The van der Waals surface area contributed by atoms with Gasteiger partial charge in [-0.05, 0) is 0 Å². The van der Waals surface area contributed by atoms with Crippen molar-refractivity contribution < 1.29 is 27.4 Å². The minimum Gasteiger partial charge on any atom is -0.345 e. The van der Waals surface area contributed by atoms with Gasteiger partial charge >= 0.3 is 6.18 Å². The third kappa shape index (κ3) is 2.33. The molecule has 2 aliphatic rings. The van der Waals surface area contributed by atoms with Gasteiger partial charge in [0, 0.05) is 0 Å². The van der Waals surface area contributed by atoms with Crippen LogP contribution in [0.25, 0.3) is 0 Å². The Balaban J connectivity index is 1.66. The zero-order chi connectivity index (χ0) is 8.77. The molecule has 2 rings (SSSR count). The van der Waals surface area contributed by atoms with Gasteiger partial charge in [0.2, 0.25) is 0 Å². The van der Waals surface area contributed by atoms with E-state index in [1.54, 1.807) is 0 Å². The van der Waals surface area contributed by atoms with E-state index in [1.165, 1.54) is 0 Å². The summed E-state index contributed by atoms with van der Waals surface area (Å²) in [6.45, 7) is 0.457. The molecule has 0 aromatic heterocycles. The minimum absolute atomic E-state index is 0.340. The van der Waals surface area contributed by atoms with Crippen LogP contribution in [-0.4, -0.2) is 31.5 Å². The van der Waals surface area contributed by atoms with Gasteiger partial charge in [0.05, 0.1) is 6.42 Å². The highest BCUT2D eigenvalue weighted by Gasteiger charge is 2.50. The van der Waals surface area contributed by atoms with E-state index in [2.05, 4.69) is 9.47 Å². The molecule has 2 aliphatic heterocycles. The Labute approximate surface area is 66.4 Å². The van der Waals surface area contributed by atoms with Crippen molar-refractivity contribution in [2.24, 2.45) is 0 Å². The monoisotopic (exact) mass is 184 g/mol. The topological polar surface area (TPSA) is 34.3 Å². The number of rotatable bonds is 3. The van der Waals surface area contributed by atoms with Gasteiger partial charge < -0.3 is 14.2 Å². The molecular formula is C6H7F3O3. The summed E-state index contributed by atoms with van der Waals surface area (Å²) in [6.07, 6.45) is -6.99. The SMILES string of the molecule is FC(F)(F)CC1OC1OC1CO1. The Kier molecular flexibility index (Phi) is 1.78. The van der Waals surface area contributed by atoms with E-state index in [1.807, 2.05) is 0 Å². The van der Waals surface area contributed by atoms with Crippen LogP contribution in [0.2, 0.25) is 0 Å². The van der Waals surface area contributed by atoms with Crippen molar-refractivity contribution in [3.8, 4) is 0 Å². The molecule has 0 N–H and O–H groups in total. The van der Waals surface area contributed by atoms with E-state index in [9.17, 15) is 13.2 Å². The van der Waals surface area contributed by atoms with Gasteiger partial charge in [-0.25, -0.2) is 0 Å². The smallest absolute Gasteiger partial charge is 0.345 e. The Hall–Kier alpha value is -0.330. The van der Waals surface area contributed by atoms with Gasteiger partial charge in [-0.1, -0.05) is 0 Å². The molecule has 2 saturated heterocycles. The number of halogens is 3. The van der Waals surface area contributed by atoms with Gasteiger partial charge in [0.1, 0.15) is 12.7 Å². The zero-order valence-corrected chi connectivity index (χ0v) is 6.00. The summed E-state index contributed by atoms with van der Waals surface area (Å²) in [5, 5.41) is 0. The summed E-state index contributed by atoms with van der Waals surface area (Å²) in [5.41, 5.74) is 0. The predicted octanol–water partition coefficient (Wildman–Crippen LogP) is 1.04. The summed E-state index contributed by atoms with van der Waals surface area (Å²) in [5.74, 6) is 0. The van der Waals surface area contributed by atoms with Crippen LogP contribution in [0.5, 0.6) is 0 Å². The Bertz CT molecular complexity index is 177. The van der Waals surface area contributed by atoms with Crippen LogP contribution in [0.3, 0.4) is 0 Å². The van der Waals surface area contributed by atoms with Crippen molar-refractivity contribution in [2.75, 3.05) is 6.61 Å². The third-order valence-corrected chi connectivity index (χ3v) is 1.56. The quantitative estimate of drug-likeness (QED) is 0.614. The molecule has 70 valence electrons. The summed E-state index contributed by atoms with van der Waals surface area (Å²) >= 11 is 0. The van der Waals surface area contributed by atoms with Crippen LogP contribution in [-0.2, 0) is 14.2 Å². The number of epoxide rings is 2. The maximum Gasteiger partial charge on any atom is 0.391 e. The van der Waals surface area contributed by atoms with Gasteiger partial charge in [0.25, 0.3) is 0 Å². The van der Waals surface area contributed by atoms with Crippen molar-refractivity contribution >= 4 is 0 Å². The average Bonchev–Trinajstić information content (AvgIpc) is 2.70. The van der Waals surface area contributed by atoms with Crippen LogP contribution in [0.1, 0.15) is 6.42 Å². The molecule has 12 heavy (non-hydrogen) atoms. The highest BCUT2D eigenvalue weighted by molar-refractivity contribution is 4.81. The van der Waals surface area contributed by atoms with Crippen molar-refractivity contribution in [3.05, 3.63) is 0 Å². The fourth-order valence-electron chi connectivity index (χ4n) is 0.887. The van der Waals surface area contributed by atoms with Crippen LogP contribution in [0, 0.1) is 0 Å². The van der Waals surface area contributed by atoms with Crippen LogP contribution in [0.4, 0.5) is 13.2 Å². The lowest BCUT2D eigenvalue weighted by Crippen LogP contribution is -2.13. The fraction of sp³-hybridized carbons (Fsp3) is 1.00. The van der Waals surface area contributed by atoms with Crippen LogP contribution >= 0.6 is 0 Å². The number of ether oxygens (including phenoxy) is 3. The number of hydrogen-bond acceptors (Lipinski definition) is 3. The summed E-state index contributed by atoms with van der Waals surface area (Å²) in [7, 11) is 0. The molecule has 0 bridgehead atoms. The first kappa shape index (κ1) is 8.28. The van der Waals surface area contributed by atoms with Crippen LogP contribution in [0.15, 0.2) is 0 Å². The highest BCUT2D eigenvalue weighted by atomic mass is 19.4. The molecule has 0 aromatic carbocycles. The van der Waals surface area contributed by atoms with Gasteiger partial charge in [-0.2, -0.15) is 13.2 Å². The molecule has 3 unspecified atom stereocenters. The molecule has 3 atom stereocenters. The number of hydrogen-bond donors (Lipinski definition) is 0. The molecule has 2 fully saturated rings. The molecule has 3 nitrogen and oxygen atoms in total. The number of alkyl halides is 3. The second-order valence-corrected chi connectivity index (χ2v) is 2.76. The summed E-state index contributed by atoms with van der Waals surface area (Å²) in [4.78, 5) is 0. The maximum absolute atomic E-state index is 11.7.